The third-order valence-electron chi connectivity index (χ3n) is 1.21. The molecule has 0 aliphatic rings. The summed E-state index contributed by atoms with van der Waals surface area (Å²) in [5.41, 5.74) is 0. The van der Waals surface area contributed by atoms with Gasteiger partial charge in [0.1, 0.15) is 6.04 Å². The summed E-state index contributed by atoms with van der Waals surface area (Å²) in [5.74, 6) is -1.59. The van der Waals surface area contributed by atoms with Crippen LogP contribution in [-0.4, -0.2) is 37.2 Å². The number of methoxy groups -OCH3 is 1. The van der Waals surface area contributed by atoms with E-state index in [1.807, 2.05) is 0 Å². The molecule has 0 spiro atoms. The summed E-state index contributed by atoms with van der Waals surface area (Å²) in [7, 11) is 2.72. The molecule has 5 heteroatoms. The minimum absolute atomic E-state index is 0.261. The second-order valence-corrected chi connectivity index (χ2v) is 1.96. The number of ether oxygens (including phenoxy) is 1. The zero-order valence-corrected chi connectivity index (χ0v) is 6.46. The van der Waals surface area contributed by atoms with Gasteiger partial charge in [-0.2, -0.15) is 0 Å². The van der Waals surface area contributed by atoms with E-state index >= 15 is 0 Å². The molecule has 0 aliphatic carbocycles. The number of aliphatic carboxylic acids is 1. The van der Waals surface area contributed by atoms with Gasteiger partial charge in [0.15, 0.2) is 0 Å². The zero-order valence-electron chi connectivity index (χ0n) is 6.46. The average molecular weight is 161 g/mol. The van der Waals surface area contributed by atoms with E-state index in [0.717, 1.165) is 0 Å². The van der Waals surface area contributed by atoms with Crippen LogP contribution in [0, 0.1) is 0 Å². The fourth-order valence-electron chi connectivity index (χ4n) is 0.620. The summed E-state index contributed by atoms with van der Waals surface area (Å²) >= 11 is 0. The number of carbonyl (C=O) groups is 2. The van der Waals surface area contributed by atoms with Crippen LogP contribution in [0.1, 0.15) is 6.42 Å². The Balaban J connectivity index is 3.94. The Morgan fingerprint density at radius 3 is 2.45 bits per heavy atom. The van der Waals surface area contributed by atoms with Crippen molar-refractivity contribution in [1.29, 1.82) is 0 Å². The zero-order chi connectivity index (χ0) is 8.85. The van der Waals surface area contributed by atoms with Crippen LogP contribution in [0.4, 0.5) is 0 Å². The molecule has 0 heterocycles. The van der Waals surface area contributed by atoms with E-state index in [1.54, 1.807) is 0 Å². The highest BCUT2D eigenvalue weighted by molar-refractivity contribution is 5.81. The fraction of sp³-hybridized carbons (Fsp3) is 0.667. The van der Waals surface area contributed by atoms with Crippen molar-refractivity contribution in [2.75, 3.05) is 14.2 Å². The monoisotopic (exact) mass is 161 g/mol. The van der Waals surface area contributed by atoms with Crippen LogP contribution >= 0.6 is 0 Å². The molecule has 0 saturated heterocycles. The van der Waals surface area contributed by atoms with E-state index in [0.29, 0.717) is 0 Å². The Hall–Kier alpha value is -1.10. The van der Waals surface area contributed by atoms with E-state index in [9.17, 15) is 9.59 Å². The van der Waals surface area contributed by atoms with Gasteiger partial charge in [-0.15, -0.1) is 0 Å². The first kappa shape index (κ1) is 9.90. The average Bonchev–Trinajstić information content (AvgIpc) is 1.98. The molecule has 0 saturated carbocycles. The number of nitrogens with one attached hydrogen (secondary N) is 1. The molecule has 11 heavy (non-hydrogen) atoms. The van der Waals surface area contributed by atoms with Crippen molar-refractivity contribution in [3.05, 3.63) is 0 Å². The van der Waals surface area contributed by atoms with Crippen molar-refractivity contribution in [3.8, 4) is 0 Å². The Kier molecular flexibility index (Phi) is 4.21. The summed E-state index contributed by atoms with van der Waals surface area (Å²) in [6.07, 6.45) is -0.261. The van der Waals surface area contributed by atoms with Gasteiger partial charge in [0.25, 0.3) is 0 Å². The van der Waals surface area contributed by atoms with Crippen LogP contribution in [-0.2, 0) is 14.3 Å². The van der Waals surface area contributed by atoms with Gasteiger partial charge >= 0.3 is 11.9 Å². The smallest absolute Gasteiger partial charge is 0.323 e. The molecule has 0 unspecified atom stereocenters. The highest BCUT2D eigenvalue weighted by Gasteiger charge is 2.19. The molecule has 0 amide bonds. The lowest BCUT2D eigenvalue weighted by Crippen LogP contribution is -2.36. The van der Waals surface area contributed by atoms with Crippen molar-refractivity contribution in [1.82, 2.24) is 5.32 Å². The Morgan fingerprint density at radius 1 is 1.64 bits per heavy atom. The van der Waals surface area contributed by atoms with Gasteiger partial charge in [-0.25, -0.2) is 0 Å². The van der Waals surface area contributed by atoms with Crippen molar-refractivity contribution < 1.29 is 19.4 Å². The predicted molar refractivity (Wildman–Crippen MR) is 37.1 cm³/mol. The van der Waals surface area contributed by atoms with Crippen molar-refractivity contribution in [2.45, 2.75) is 12.5 Å². The molecule has 0 aromatic rings. The molecule has 0 radical (unpaired) electrons. The molecular weight excluding hydrogens is 150 g/mol. The molecular formula is C6H11NO4. The van der Waals surface area contributed by atoms with Crippen LogP contribution in [0.15, 0.2) is 0 Å². The lowest BCUT2D eigenvalue weighted by molar-refractivity contribution is -0.148. The minimum atomic E-state index is -1.03. The highest BCUT2D eigenvalue weighted by atomic mass is 16.5. The van der Waals surface area contributed by atoms with Crippen LogP contribution < -0.4 is 5.32 Å². The van der Waals surface area contributed by atoms with Gasteiger partial charge in [-0.3, -0.25) is 9.59 Å². The van der Waals surface area contributed by atoms with Crippen LogP contribution in [0.2, 0.25) is 0 Å². The summed E-state index contributed by atoms with van der Waals surface area (Å²) in [6, 6.07) is -0.752. The Labute approximate surface area is 64.3 Å². The number of likely N-dealkylation sites (N-methyl/N-ethyl adjacent to an activating group) is 1. The lowest BCUT2D eigenvalue weighted by Gasteiger charge is -2.09. The second kappa shape index (κ2) is 4.68. The van der Waals surface area contributed by atoms with E-state index in [4.69, 9.17) is 5.11 Å². The Bertz CT molecular complexity index is 157. The highest BCUT2D eigenvalue weighted by Crippen LogP contribution is 1.93. The SMILES string of the molecule is CN[C@H](CC(=O)O)C(=O)OC. The summed E-state index contributed by atoms with van der Waals surface area (Å²) in [6.45, 7) is 0. The number of carboxylic acids is 1. The number of hydrogen-bond donors (Lipinski definition) is 2. The van der Waals surface area contributed by atoms with Gasteiger partial charge in [0.2, 0.25) is 0 Å². The van der Waals surface area contributed by atoms with Crippen molar-refractivity contribution in [2.24, 2.45) is 0 Å². The first-order valence-corrected chi connectivity index (χ1v) is 3.08. The minimum Gasteiger partial charge on any atom is -0.481 e. The van der Waals surface area contributed by atoms with Crippen LogP contribution in [0.25, 0.3) is 0 Å². The normalized spacial score (nSPS) is 12.2. The number of hydrogen-bond acceptors (Lipinski definition) is 4. The molecule has 0 rings (SSSR count). The molecule has 0 fully saturated rings. The molecule has 0 bridgehead atoms. The topological polar surface area (TPSA) is 75.6 Å². The third-order valence-corrected chi connectivity index (χ3v) is 1.21. The fourth-order valence-corrected chi connectivity index (χ4v) is 0.620. The number of rotatable bonds is 4. The maximum atomic E-state index is 10.7. The number of esters is 1. The largest absolute Gasteiger partial charge is 0.481 e. The van der Waals surface area contributed by atoms with E-state index in [-0.39, 0.29) is 6.42 Å². The van der Waals surface area contributed by atoms with Crippen LogP contribution in [0.3, 0.4) is 0 Å². The van der Waals surface area contributed by atoms with Crippen molar-refractivity contribution >= 4 is 11.9 Å². The lowest BCUT2D eigenvalue weighted by atomic mass is 10.2. The predicted octanol–water partition coefficient (Wildman–Crippen LogP) is -0.778. The first-order chi connectivity index (χ1) is 5.11. The van der Waals surface area contributed by atoms with Crippen molar-refractivity contribution in [3.63, 3.8) is 0 Å². The summed E-state index contributed by atoms with van der Waals surface area (Å²) < 4.78 is 4.34. The molecule has 5 nitrogen and oxygen atoms in total. The number of carbonyl (C=O) groups excluding carboxylic acids is 1. The Morgan fingerprint density at radius 2 is 2.18 bits per heavy atom. The van der Waals surface area contributed by atoms with E-state index < -0.39 is 18.0 Å². The summed E-state index contributed by atoms with van der Waals surface area (Å²) in [5, 5.41) is 10.8. The molecule has 2 N–H and O–H groups in total. The molecule has 0 aromatic heterocycles. The molecule has 64 valence electrons. The van der Waals surface area contributed by atoms with E-state index in [1.165, 1.54) is 14.2 Å². The molecule has 1 atom stereocenters. The van der Waals surface area contributed by atoms with E-state index in [2.05, 4.69) is 10.1 Å². The first-order valence-electron chi connectivity index (χ1n) is 3.08. The van der Waals surface area contributed by atoms with Gasteiger partial charge in [0, 0.05) is 0 Å². The quantitative estimate of drug-likeness (QED) is 0.529. The van der Waals surface area contributed by atoms with Gasteiger partial charge in [0.05, 0.1) is 13.5 Å². The van der Waals surface area contributed by atoms with Gasteiger partial charge in [-0.1, -0.05) is 0 Å². The number of carboxylic acid groups (broad SMARTS) is 1. The van der Waals surface area contributed by atoms with Crippen LogP contribution in [0.5, 0.6) is 0 Å². The third kappa shape index (κ3) is 3.57. The summed E-state index contributed by atoms with van der Waals surface area (Å²) in [4.78, 5) is 20.9. The maximum Gasteiger partial charge on any atom is 0.323 e. The van der Waals surface area contributed by atoms with Gasteiger partial charge < -0.3 is 15.2 Å². The van der Waals surface area contributed by atoms with Gasteiger partial charge in [-0.05, 0) is 7.05 Å². The molecule has 0 aromatic carbocycles. The standard InChI is InChI=1S/C6H11NO4/c1-7-4(3-5(8)9)6(10)11-2/h4,7H,3H2,1-2H3,(H,8,9)/t4-/m1/s1. The second-order valence-electron chi connectivity index (χ2n) is 1.96. The maximum absolute atomic E-state index is 10.7. The molecule has 0 aliphatic heterocycles.